The molecule has 0 bridgehead atoms. The van der Waals surface area contributed by atoms with Crippen molar-refractivity contribution in [2.45, 2.75) is 19.9 Å². The van der Waals surface area contributed by atoms with E-state index in [1.807, 2.05) is 74.5 Å². The van der Waals surface area contributed by atoms with Crippen LogP contribution < -0.4 is 5.32 Å². The number of nitrogens with zero attached hydrogens (tertiary/aromatic N) is 4. The minimum atomic E-state index is -0.134. The molecule has 1 N–H and O–H groups in total. The average molecular weight is 357 g/mol. The van der Waals surface area contributed by atoms with Gasteiger partial charge in [-0.1, -0.05) is 41.6 Å². The van der Waals surface area contributed by atoms with E-state index in [4.69, 9.17) is 0 Å². The van der Waals surface area contributed by atoms with Crippen molar-refractivity contribution in [2.24, 2.45) is 0 Å². The van der Waals surface area contributed by atoms with Gasteiger partial charge in [0.25, 0.3) is 5.91 Å². The Kier molecular flexibility index (Phi) is 4.38. The Morgan fingerprint density at radius 1 is 1.07 bits per heavy atom. The van der Waals surface area contributed by atoms with Gasteiger partial charge in [0.2, 0.25) is 0 Å². The van der Waals surface area contributed by atoms with Gasteiger partial charge in [-0.2, -0.15) is 4.68 Å². The Balaban J connectivity index is 1.65. The zero-order chi connectivity index (χ0) is 18.8. The SMILES string of the molecule is Cc1ccc(C(=O)NC(C)c2ccccc2)cc1-n1nnc2cccnc21. The lowest BCUT2D eigenvalue weighted by atomic mass is 10.1. The lowest BCUT2D eigenvalue weighted by molar-refractivity contribution is 0.0940. The maximum atomic E-state index is 12.8. The largest absolute Gasteiger partial charge is 0.346 e. The highest BCUT2D eigenvalue weighted by atomic mass is 16.1. The van der Waals surface area contributed by atoms with Crippen LogP contribution in [0, 0.1) is 6.92 Å². The number of rotatable bonds is 4. The van der Waals surface area contributed by atoms with Crippen LogP contribution in [0.1, 0.15) is 34.5 Å². The highest BCUT2D eigenvalue weighted by Crippen LogP contribution is 2.20. The maximum absolute atomic E-state index is 12.8. The van der Waals surface area contributed by atoms with E-state index in [1.165, 1.54) is 0 Å². The van der Waals surface area contributed by atoms with Crippen molar-refractivity contribution in [3.63, 3.8) is 0 Å². The fraction of sp³-hybridized carbons (Fsp3) is 0.143. The van der Waals surface area contributed by atoms with E-state index in [2.05, 4.69) is 20.6 Å². The molecule has 6 nitrogen and oxygen atoms in total. The molecule has 2 aromatic carbocycles. The third-order valence-electron chi connectivity index (χ3n) is 4.56. The van der Waals surface area contributed by atoms with Crippen molar-refractivity contribution in [1.82, 2.24) is 25.3 Å². The summed E-state index contributed by atoms with van der Waals surface area (Å²) >= 11 is 0. The Bertz CT molecular complexity index is 1100. The van der Waals surface area contributed by atoms with Crippen LogP contribution in [0.4, 0.5) is 0 Å². The Morgan fingerprint density at radius 3 is 2.70 bits per heavy atom. The van der Waals surface area contributed by atoms with E-state index in [1.54, 1.807) is 10.9 Å². The van der Waals surface area contributed by atoms with Gasteiger partial charge in [0.1, 0.15) is 5.52 Å². The van der Waals surface area contributed by atoms with Crippen LogP contribution >= 0.6 is 0 Å². The molecule has 4 aromatic rings. The molecule has 1 unspecified atom stereocenters. The molecule has 1 atom stereocenters. The second-order valence-electron chi connectivity index (χ2n) is 6.45. The molecule has 0 saturated heterocycles. The first-order chi connectivity index (χ1) is 13.1. The van der Waals surface area contributed by atoms with Gasteiger partial charge < -0.3 is 5.32 Å². The van der Waals surface area contributed by atoms with Crippen LogP contribution in [-0.2, 0) is 0 Å². The van der Waals surface area contributed by atoms with Crippen molar-refractivity contribution in [3.8, 4) is 5.69 Å². The van der Waals surface area contributed by atoms with Crippen LogP contribution in [0.3, 0.4) is 0 Å². The van der Waals surface area contributed by atoms with Crippen LogP contribution in [0.15, 0.2) is 66.9 Å². The number of aromatic nitrogens is 4. The van der Waals surface area contributed by atoms with Gasteiger partial charge in [0, 0.05) is 11.8 Å². The molecule has 2 heterocycles. The zero-order valence-electron chi connectivity index (χ0n) is 15.1. The first-order valence-corrected chi connectivity index (χ1v) is 8.77. The summed E-state index contributed by atoms with van der Waals surface area (Å²) in [5, 5.41) is 11.4. The molecule has 1 amide bonds. The summed E-state index contributed by atoms with van der Waals surface area (Å²) in [7, 11) is 0. The molecule has 0 radical (unpaired) electrons. The fourth-order valence-corrected chi connectivity index (χ4v) is 3.01. The van der Waals surface area contributed by atoms with E-state index in [0.717, 1.165) is 16.8 Å². The molecule has 0 aliphatic heterocycles. The second kappa shape index (κ2) is 6.99. The third kappa shape index (κ3) is 3.29. The quantitative estimate of drug-likeness (QED) is 0.605. The van der Waals surface area contributed by atoms with E-state index in [0.29, 0.717) is 16.7 Å². The molecule has 0 spiro atoms. The van der Waals surface area contributed by atoms with Gasteiger partial charge in [-0.3, -0.25) is 4.79 Å². The first-order valence-electron chi connectivity index (χ1n) is 8.77. The Labute approximate surface area is 156 Å². The highest BCUT2D eigenvalue weighted by Gasteiger charge is 2.15. The summed E-state index contributed by atoms with van der Waals surface area (Å²) in [5.41, 5.74) is 4.78. The minimum absolute atomic E-state index is 0.0858. The number of nitrogens with one attached hydrogen (secondary N) is 1. The maximum Gasteiger partial charge on any atom is 0.251 e. The molecular weight excluding hydrogens is 338 g/mol. The van der Waals surface area contributed by atoms with Crippen molar-refractivity contribution in [1.29, 1.82) is 0 Å². The minimum Gasteiger partial charge on any atom is -0.346 e. The van der Waals surface area contributed by atoms with E-state index in [9.17, 15) is 4.79 Å². The molecular formula is C21H19N5O. The highest BCUT2D eigenvalue weighted by molar-refractivity contribution is 5.95. The summed E-state index contributed by atoms with van der Waals surface area (Å²) < 4.78 is 1.67. The van der Waals surface area contributed by atoms with E-state index < -0.39 is 0 Å². The van der Waals surface area contributed by atoms with Gasteiger partial charge in [-0.05, 0) is 49.2 Å². The molecule has 4 rings (SSSR count). The van der Waals surface area contributed by atoms with Crippen molar-refractivity contribution in [3.05, 3.63) is 83.6 Å². The van der Waals surface area contributed by atoms with Gasteiger partial charge in [0.05, 0.1) is 11.7 Å². The normalized spacial score (nSPS) is 12.1. The second-order valence-corrected chi connectivity index (χ2v) is 6.45. The molecule has 0 saturated carbocycles. The number of pyridine rings is 1. The third-order valence-corrected chi connectivity index (χ3v) is 4.56. The summed E-state index contributed by atoms with van der Waals surface area (Å²) in [6, 6.07) is 19.0. The van der Waals surface area contributed by atoms with E-state index >= 15 is 0 Å². The molecule has 0 aliphatic rings. The predicted molar refractivity (Wildman–Crippen MR) is 104 cm³/mol. The number of hydrogen-bond donors (Lipinski definition) is 1. The monoisotopic (exact) mass is 357 g/mol. The molecule has 134 valence electrons. The smallest absolute Gasteiger partial charge is 0.251 e. The van der Waals surface area contributed by atoms with E-state index in [-0.39, 0.29) is 11.9 Å². The summed E-state index contributed by atoms with van der Waals surface area (Å²) in [6.45, 7) is 3.94. The number of aryl methyl sites for hydroxylation is 1. The molecule has 2 aromatic heterocycles. The van der Waals surface area contributed by atoms with Crippen molar-refractivity contribution in [2.75, 3.05) is 0 Å². The molecule has 27 heavy (non-hydrogen) atoms. The van der Waals surface area contributed by atoms with Gasteiger partial charge in [-0.15, -0.1) is 5.10 Å². The number of carbonyl (C=O) groups excluding carboxylic acids is 1. The average Bonchev–Trinajstić information content (AvgIpc) is 3.13. The summed E-state index contributed by atoms with van der Waals surface area (Å²) in [4.78, 5) is 17.1. The molecule has 0 aliphatic carbocycles. The summed E-state index contributed by atoms with van der Waals surface area (Å²) in [6.07, 6.45) is 1.70. The Morgan fingerprint density at radius 2 is 1.89 bits per heavy atom. The Hall–Kier alpha value is -3.54. The van der Waals surface area contributed by atoms with Gasteiger partial charge >= 0.3 is 0 Å². The predicted octanol–water partition coefficient (Wildman–Crippen LogP) is 3.61. The number of hydrogen-bond acceptors (Lipinski definition) is 4. The van der Waals surface area contributed by atoms with Crippen LogP contribution in [0.5, 0.6) is 0 Å². The number of amides is 1. The van der Waals surface area contributed by atoms with Gasteiger partial charge in [0.15, 0.2) is 5.65 Å². The number of carbonyl (C=O) groups is 1. The van der Waals surface area contributed by atoms with Crippen molar-refractivity contribution >= 4 is 17.1 Å². The first kappa shape index (κ1) is 16.9. The molecule has 6 heteroatoms. The zero-order valence-corrected chi connectivity index (χ0v) is 15.1. The number of benzene rings is 2. The van der Waals surface area contributed by atoms with Crippen LogP contribution in [0.2, 0.25) is 0 Å². The van der Waals surface area contributed by atoms with Crippen LogP contribution in [0.25, 0.3) is 16.9 Å². The lowest BCUT2D eigenvalue weighted by Gasteiger charge is -2.15. The fourth-order valence-electron chi connectivity index (χ4n) is 3.01. The number of fused-ring (bicyclic) bond motifs is 1. The standard InChI is InChI=1S/C21H19N5O/c1-14-10-11-17(21(27)23-15(2)16-7-4-3-5-8-16)13-19(14)26-20-18(24-25-26)9-6-12-22-20/h3-13,15H,1-2H3,(H,23,27). The summed E-state index contributed by atoms with van der Waals surface area (Å²) in [5.74, 6) is -0.134. The van der Waals surface area contributed by atoms with Crippen LogP contribution in [-0.4, -0.2) is 25.9 Å². The topological polar surface area (TPSA) is 72.7 Å². The van der Waals surface area contributed by atoms with Gasteiger partial charge in [-0.25, -0.2) is 4.98 Å². The van der Waals surface area contributed by atoms with Crippen molar-refractivity contribution < 1.29 is 4.79 Å². The molecule has 0 fully saturated rings. The lowest BCUT2D eigenvalue weighted by Crippen LogP contribution is -2.26.